The minimum absolute atomic E-state index is 0.104. The van der Waals surface area contributed by atoms with Crippen LogP contribution in [-0.2, 0) is 6.54 Å². The van der Waals surface area contributed by atoms with Gasteiger partial charge in [0.05, 0.1) is 11.8 Å². The second-order valence-electron chi connectivity index (χ2n) is 5.67. The van der Waals surface area contributed by atoms with Crippen LogP contribution in [-0.4, -0.2) is 28.2 Å². The lowest BCUT2D eigenvalue weighted by molar-refractivity contribution is 0.0660. The lowest BCUT2D eigenvalue weighted by Gasteiger charge is -2.27. The molecule has 0 aromatic carbocycles. The molecule has 1 aliphatic carbocycles. The summed E-state index contributed by atoms with van der Waals surface area (Å²) in [6.45, 7) is 3.39. The fourth-order valence-electron chi connectivity index (χ4n) is 2.89. The summed E-state index contributed by atoms with van der Waals surface area (Å²) in [5, 5.41) is 12.9. The highest BCUT2D eigenvalue weighted by Crippen LogP contribution is 2.23. The van der Waals surface area contributed by atoms with Crippen LogP contribution >= 0.6 is 0 Å². The number of aryl methyl sites for hydroxylation is 1. The number of aromatic nitrogens is 1. The molecule has 1 saturated carbocycles. The molecular weight excluding hydrogens is 254 g/mol. The van der Waals surface area contributed by atoms with Gasteiger partial charge in [-0.05, 0) is 25.3 Å². The molecule has 0 saturated heterocycles. The molecule has 112 valence electrons. The monoisotopic (exact) mass is 279 g/mol. The maximum absolute atomic E-state index is 12.2. The number of aliphatic hydroxyl groups excluding tert-OH is 1. The van der Waals surface area contributed by atoms with Crippen molar-refractivity contribution in [1.29, 1.82) is 0 Å². The van der Waals surface area contributed by atoms with Crippen LogP contribution in [0, 0.1) is 5.92 Å². The second-order valence-corrected chi connectivity index (χ2v) is 5.67. The number of hydrogen-bond donors (Lipinski definition) is 3. The number of amides is 1. The van der Waals surface area contributed by atoms with Gasteiger partial charge in [-0.1, -0.05) is 19.8 Å². The van der Waals surface area contributed by atoms with Crippen molar-refractivity contribution in [2.75, 3.05) is 12.3 Å². The van der Waals surface area contributed by atoms with E-state index in [9.17, 15) is 9.90 Å². The highest BCUT2D eigenvalue weighted by molar-refractivity contribution is 5.93. The molecule has 4 N–H and O–H groups in total. The molecule has 1 heterocycles. The summed E-state index contributed by atoms with van der Waals surface area (Å²) in [5.41, 5.74) is 6.99. The number of nitrogen functional groups attached to an aromatic ring is 1. The zero-order chi connectivity index (χ0) is 14.5. The molecule has 2 rings (SSSR count). The molecule has 0 radical (unpaired) electrons. The van der Waals surface area contributed by atoms with Crippen LogP contribution in [0.1, 0.15) is 49.5 Å². The van der Waals surface area contributed by atoms with Gasteiger partial charge in [0, 0.05) is 25.2 Å². The molecule has 5 nitrogen and oxygen atoms in total. The van der Waals surface area contributed by atoms with Gasteiger partial charge in [0.1, 0.15) is 5.69 Å². The Morgan fingerprint density at radius 2 is 2.25 bits per heavy atom. The first kappa shape index (κ1) is 14.9. The molecule has 1 fully saturated rings. The standard InChI is InChI=1S/C15H25N3O2/c1-2-7-18-10-12(16)8-13(18)15(20)17-9-11-5-3-4-6-14(11)19/h8,10-11,14,19H,2-7,9,16H2,1H3,(H,17,20). The molecule has 0 bridgehead atoms. The third-order valence-corrected chi connectivity index (χ3v) is 4.01. The van der Waals surface area contributed by atoms with Gasteiger partial charge >= 0.3 is 0 Å². The summed E-state index contributed by atoms with van der Waals surface area (Å²) in [6.07, 6.45) is 6.53. The van der Waals surface area contributed by atoms with Crippen LogP contribution in [0.5, 0.6) is 0 Å². The molecular formula is C15H25N3O2. The summed E-state index contributed by atoms with van der Waals surface area (Å²) in [6, 6.07) is 1.71. The molecule has 2 unspecified atom stereocenters. The van der Waals surface area contributed by atoms with Crippen LogP contribution in [0.4, 0.5) is 5.69 Å². The van der Waals surface area contributed by atoms with Gasteiger partial charge in [0.25, 0.3) is 5.91 Å². The Kier molecular flexibility index (Phi) is 5.06. The van der Waals surface area contributed by atoms with E-state index < -0.39 is 0 Å². The minimum atomic E-state index is -0.281. The molecule has 1 amide bonds. The molecule has 0 spiro atoms. The Hall–Kier alpha value is -1.49. The van der Waals surface area contributed by atoms with Crippen molar-refractivity contribution in [3.63, 3.8) is 0 Å². The molecule has 1 aliphatic rings. The molecule has 2 atom stereocenters. The van der Waals surface area contributed by atoms with Crippen molar-refractivity contribution >= 4 is 11.6 Å². The first-order valence-electron chi connectivity index (χ1n) is 7.53. The fraction of sp³-hybridized carbons (Fsp3) is 0.667. The lowest BCUT2D eigenvalue weighted by atomic mass is 9.86. The molecule has 0 aliphatic heterocycles. The maximum Gasteiger partial charge on any atom is 0.267 e. The number of nitrogens with zero attached hydrogens (tertiary/aromatic N) is 1. The number of carbonyl (C=O) groups excluding carboxylic acids is 1. The molecule has 20 heavy (non-hydrogen) atoms. The summed E-state index contributed by atoms with van der Waals surface area (Å²) >= 11 is 0. The Morgan fingerprint density at radius 1 is 1.50 bits per heavy atom. The fourth-order valence-corrected chi connectivity index (χ4v) is 2.89. The van der Waals surface area contributed by atoms with Crippen LogP contribution in [0.3, 0.4) is 0 Å². The maximum atomic E-state index is 12.2. The first-order valence-corrected chi connectivity index (χ1v) is 7.53. The minimum Gasteiger partial charge on any atom is -0.397 e. The Bertz CT molecular complexity index is 456. The summed E-state index contributed by atoms with van der Waals surface area (Å²) < 4.78 is 1.89. The SMILES string of the molecule is CCCn1cc(N)cc1C(=O)NCC1CCCCC1O. The molecule has 5 heteroatoms. The smallest absolute Gasteiger partial charge is 0.267 e. The predicted molar refractivity (Wildman–Crippen MR) is 79.4 cm³/mol. The van der Waals surface area contributed by atoms with Crippen LogP contribution in [0.15, 0.2) is 12.3 Å². The van der Waals surface area contributed by atoms with Crippen molar-refractivity contribution in [3.8, 4) is 0 Å². The van der Waals surface area contributed by atoms with E-state index in [0.29, 0.717) is 17.9 Å². The van der Waals surface area contributed by atoms with Gasteiger partial charge < -0.3 is 20.7 Å². The highest BCUT2D eigenvalue weighted by Gasteiger charge is 2.24. The first-order chi connectivity index (χ1) is 9.61. The van der Waals surface area contributed by atoms with Crippen molar-refractivity contribution in [3.05, 3.63) is 18.0 Å². The summed E-state index contributed by atoms with van der Waals surface area (Å²) in [4.78, 5) is 12.2. The quantitative estimate of drug-likeness (QED) is 0.768. The van der Waals surface area contributed by atoms with E-state index in [4.69, 9.17) is 5.73 Å². The highest BCUT2D eigenvalue weighted by atomic mass is 16.3. The number of carbonyl (C=O) groups is 1. The van der Waals surface area contributed by atoms with E-state index in [1.807, 2.05) is 4.57 Å². The number of nitrogens with two attached hydrogens (primary N) is 1. The Morgan fingerprint density at radius 3 is 2.95 bits per heavy atom. The van der Waals surface area contributed by atoms with E-state index in [1.165, 1.54) is 0 Å². The van der Waals surface area contributed by atoms with Gasteiger partial charge in [-0.15, -0.1) is 0 Å². The third-order valence-electron chi connectivity index (χ3n) is 4.01. The Labute approximate surface area is 120 Å². The van der Waals surface area contributed by atoms with Crippen molar-refractivity contribution < 1.29 is 9.90 Å². The van der Waals surface area contributed by atoms with E-state index in [-0.39, 0.29) is 17.9 Å². The summed E-state index contributed by atoms with van der Waals surface area (Å²) in [5.74, 6) is 0.0764. The number of anilines is 1. The van der Waals surface area contributed by atoms with Gasteiger partial charge in [-0.2, -0.15) is 0 Å². The largest absolute Gasteiger partial charge is 0.397 e. The van der Waals surface area contributed by atoms with E-state index in [0.717, 1.165) is 38.6 Å². The van der Waals surface area contributed by atoms with Gasteiger partial charge in [0.2, 0.25) is 0 Å². The number of hydrogen-bond acceptors (Lipinski definition) is 3. The van der Waals surface area contributed by atoms with Crippen molar-refractivity contribution in [2.45, 2.75) is 51.7 Å². The predicted octanol–water partition coefficient (Wildman–Crippen LogP) is 1.76. The second kappa shape index (κ2) is 6.79. The average Bonchev–Trinajstić information content (AvgIpc) is 2.79. The van der Waals surface area contributed by atoms with Gasteiger partial charge in [-0.25, -0.2) is 0 Å². The average molecular weight is 279 g/mol. The Balaban J connectivity index is 1.94. The number of rotatable bonds is 5. The normalized spacial score (nSPS) is 22.7. The third kappa shape index (κ3) is 3.54. The van der Waals surface area contributed by atoms with Crippen molar-refractivity contribution in [2.24, 2.45) is 5.92 Å². The number of nitrogens with one attached hydrogen (secondary N) is 1. The van der Waals surface area contributed by atoms with E-state index in [1.54, 1.807) is 12.3 Å². The zero-order valence-electron chi connectivity index (χ0n) is 12.1. The number of aliphatic hydroxyl groups is 1. The van der Waals surface area contributed by atoms with Gasteiger partial charge in [-0.3, -0.25) is 4.79 Å². The van der Waals surface area contributed by atoms with E-state index >= 15 is 0 Å². The summed E-state index contributed by atoms with van der Waals surface area (Å²) in [7, 11) is 0. The van der Waals surface area contributed by atoms with Crippen LogP contribution in [0.25, 0.3) is 0 Å². The molecule has 1 aromatic heterocycles. The van der Waals surface area contributed by atoms with Crippen molar-refractivity contribution in [1.82, 2.24) is 9.88 Å². The zero-order valence-corrected chi connectivity index (χ0v) is 12.1. The van der Waals surface area contributed by atoms with Gasteiger partial charge in [0.15, 0.2) is 0 Å². The van der Waals surface area contributed by atoms with Crippen LogP contribution < -0.4 is 11.1 Å². The topological polar surface area (TPSA) is 80.3 Å². The molecule has 1 aromatic rings. The van der Waals surface area contributed by atoms with E-state index in [2.05, 4.69) is 12.2 Å². The van der Waals surface area contributed by atoms with Crippen LogP contribution in [0.2, 0.25) is 0 Å². The lowest BCUT2D eigenvalue weighted by Crippen LogP contribution is -2.37.